The summed E-state index contributed by atoms with van der Waals surface area (Å²) >= 11 is 0. The molecule has 0 spiro atoms. The van der Waals surface area contributed by atoms with Crippen LogP contribution in [0.3, 0.4) is 0 Å². The molecule has 0 atom stereocenters. The van der Waals surface area contributed by atoms with E-state index in [2.05, 4.69) is 4.98 Å². The summed E-state index contributed by atoms with van der Waals surface area (Å²) in [5.74, 6) is 1.18. The fraction of sp³-hybridized carbons (Fsp3) is 0.500. The van der Waals surface area contributed by atoms with Gasteiger partial charge in [-0.05, 0) is 46.8 Å². The predicted octanol–water partition coefficient (Wildman–Crippen LogP) is 2.76. The Morgan fingerprint density at radius 1 is 1.25 bits per heavy atom. The zero-order valence-corrected chi connectivity index (χ0v) is 12.5. The lowest BCUT2D eigenvalue weighted by atomic mass is 9.89. The minimum absolute atomic E-state index is 0.378. The third kappa shape index (κ3) is 2.71. The first-order valence-corrected chi connectivity index (χ1v) is 6.59. The largest absolute Gasteiger partial charge is 0.487 e. The molecule has 1 saturated heterocycles. The standard InChI is InChI=1S/C14H20BFN2O2/c1-9-8-10(17)11(18-12(9)16)6-7-15-19-13(2,3)14(4,5)20-15/h6-8H,17H2,1-5H3/b7-6+. The average Bonchev–Trinajstić information content (AvgIpc) is 2.51. The quantitative estimate of drug-likeness (QED) is 0.667. The molecule has 0 radical (unpaired) electrons. The van der Waals surface area contributed by atoms with Crippen LogP contribution in [0, 0.1) is 12.9 Å². The highest BCUT2D eigenvalue weighted by Crippen LogP contribution is 2.37. The first-order valence-electron chi connectivity index (χ1n) is 6.59. The van der Waals surface area contributed by atoms with Gasteiger partial charge < -0.3 is 15.0 Å². The highest BCUT2D eigenvalue weighted by atomic mass is 19.1. The van der Waals surface area contributed by atoms with Gasteiger partial charge in [0.1, 0.15) is 0 Å². The van der Waals surface area contributed by atoms with E-state index in [1.54, 1.807) is 25.0 Å². The topological polar surface area (TPSA) is 57.4 Å². The Kier molecular flexibility index (Phi) is 3.65. The lowest BCUT2D eigenvalue weighted by Gasteiger charge is -2.32. The van der Waals surface area contributed by atoms with Crippen molar-refractivity contribution in [2.45, 2.75) is 45.8 Å². The summed E-state index contributed by atoms with van der Waals surface area (Å²) in [5.41, 5.74) is 6.24. The first kappa shape index (κ1) is 15.0. The number of halogens is 1. The van der Waals surface area contributed by atoms with Gasteiger partial charge in [0.05, 0.1) is 22.6 Å². The van der Waals surface area contributed by atoms with Gasteiger partial charge in [0.25, 0.3) is 0 Å². The minimum Gasteiger partial charge on any atom is -0.400 e. The first-order chi connectivity index (χ1) is 9.12. The number of aromatic nitrogens is 1. The molecule has 1 aliphatic rings. The van der Waals surface area contributed by atoms with Crippen LogP contribution >= 0.6 is 0 Å². The number of nitrogen functional groups attached to an aromatic ring is 1. The Morgan fingerprint density at radius 3 is 2.35 bits per heavy atom. The summed E-state index contributed by atoms with van der Waals surface area (Å²) in [6.07, 6.45) is 1.62. The molecule has 1 aliphatic heterocycles. The van der Waals surface area contributed by atoms with Gasteiger partial charge in [-0.3, -0.25) is 0 Å². The second-order valence-electron chi connectivity index (χ2n) is 6.05. The summed E-state index contributed by atoms with van der Waals surface area (Å²) in [6, 6.07) is 1.56. The monoisotopic (exact) mass is 278 g/mol. The van der Waals surface area contributed by atoms with Crippen LogP contribution in [-0.2, 0) is 9.31 Å². The normalized spacial score (nSPS) is 20.8. The number of pyridine rings is 1. The SMILES string of the molecule is Cc1cc(N)c(/C=C/B2OC(C)(C)C(C)(C)O2)nc1F. The van der Waals surface area contributed by atoms with Crippen molar-refractivity contribution < 1.29 is 13.7 Å². The molecule has 0 saturated carbocycles. The Morgan fingerprint density at radius 2 is 1.80 bits per heavy atom. The van der Waals surface area contributed by atoms with Crippen molar-refractivity contribution in [1.29, 1.82) is 0 Å². The number of aryl methyl sites for hydroxylation is 1. The molecule has 1 fully saturated rings. The molecular formula is C14H20BFN2O2. The molecule has 0 amide bonds. The third-order valence-corrected chi connectivity index (χ3v) is 3.89. The number of hydrogen-bond donors (Lipinski definition) is 1. The van der Waals surface area contributed by atoms with Crippen LogP contribution in [0.25, 0.3) is 6.08 Å². The van der Waals surface area contributed by atoms with Gasteiger partial charge in [0.15, 0.2) is 0 Å². The highest BCUT2D eigenvalue weighted by molar-refractivity contribution is 6.52. The number of hydrogen-bond acceptors (Lipinski definition) is 4. The maximum Gasteiger partial charge on any atom is 0.487 e. The number of nitrogens with two attached hydrogens (primary N) is 1. The van der Waals surface area contributed by atoms with Crippen LogP contribution in [0.1, 0.15) is 39.0 Å². The molecule has 1 aromatic rings. The molecule has 4 nitrogen and oxygen atoms in total. The maximum absolute atomic E-state index is 13.4. The number of nitrogens with zero attached hydrogens (tertiary/aromatic N) is 1. The number of rotatable bonds is 2. The van der Waals surface area contributed by atoms with E-state index in [-0.39, 0.29) is 0 Å². The van der Waals surface area contributed by atoms with E-state index in [1.807, 2.05) is 27.7 Å². The van der Waals surface area contributed by atoms with E-state index in [0.717, 1.165) is 0 Å². The molecule has 2 N–H and O–H groups in total. The van der Waals surface area contributed by atoms with Crippen LogP contribution in [0.15, 0.2) is 12.0 Å². The average molecular weight is 278 g/mol. The second-order valence-corrected chi connectivity index (χ2v) is 6.05. The maximum atomic E-state index is 13.4. The lowest BCUT2D eigenvalue weighted by molar-refractivity contribution is 0.00578. The summed E-state index contributed by atoms with van der Waals surface area (Å²) in [5, 5.41) is 0. The van der Waals surface area contributed by atoms with Gasteiger partial charge in [0, 0.05) is 5.56 Å². The Balaban J connectivity index is 2.18. The zero-order valence-electron chi connectivity index (χ0n) is 12.5. The molecular weight excluding hydrogens is 258 g/mol. The molecule has 0 aliphatic carbocycles. The van der Waals surface area contributed by atoms with Gasteiger partial charge in [-0.25, -0.2) is 4.98 Å². The van der Waals surface area contributed by atoms with E-state index in [9.17, 15) is 4.39 Å². The Bertz CT molecular complexity index is 542. The lowest BCUT2D eigenvalue weighted by Crippen LogP contribution is -2.41. The molecule has 0 bridgehead atoms. The highest BCUT2D eigenvalue weighted by Gasteiger charge is 2.50. The molecule has 20 heavy (non-hydrogen) atoms. The van der Waals surface area contributed by atoms with Crippen LogP contribution in [0.5, 0.6) is 0 Å². The van der Waals surface area contributed by atoms with E-state index < -0.39 is 24.3 Å². The van der Waals surface area contributed by atoms with Gasteiger partial charge in [-0.15, -0.1) is 0 Å². The molecule has 108 valence electrons. The molecule has 2 heterocycles. The second kappa shape index (κ2) is 4.86. The summed E-state index contributed by atoms with van der Waals surface area (Å²) < 4.78 is 25.1. The van der Waals surface area contributed by atoms with Gasteiger partial charge in [0.2, 0.25) is 5.95 Å². The van der Waals surface area contributed by atoms with Crippen LogP contribution in [0.2, 0.25) is 0 Å². The Hall–Kier alpha value is -1.40. The molecule has 2 rings (SSSR count). The van der Waals surface area contributed by atoms with Crippen LogP contribution < -0.4 is 5.73 Å². The molecule has 1 aromatic heterocycles. The van der Waals surface area contributed by atoms with Gasteiger partial charge in [-0.1, -0.05) is 5.98 Å². The zero-order chi connectivity index (χ0) is 15.1. The van der Waals surface area contributed by atoms with Gasteiger partial charge >= 0.3 is 7.12 Å². The fourth-order valence-corrected chi connectivity index (χ4v) is 1.90. The van der Waals surface area contributed by atoms with Crippen molar-refractivity contribution in [3.05, 3.63) is 29.2 Å². The van der Waals surface area contributed by atoms with Gasteiger partial charge in [-0.2, -0.15) is 4.39 Å². The summed E-state index contributed by atoms with van der Waals surface area (Å²) in [6.45, 7) is 9.51. The molecule has 0 unspecified atom stereocenters. The van der Waals surface area contributed by atoms with Crippen molar-refractivity contribution in [1.82, 2.24) is 4.98 Å². The van der Waals surface area contributed by atoms with Crippen molar-refractivity contribution in [2.75, 3.05) is 5.73 Å². The fourth-order valence-electron chi connectivity index (χ4n) is 1.90. The Labute approximate surface area is 119 Å². The van der Waals surface area contributed by atoms with E-state index in [0.29, 0.717) is 16.9 Å². The number of anilines is 1. The summed E-state index contributed by atoms with van der Waals surface area (Å²) in [7, 11) is -0.495. The van der Waals surface area contributed by atoms with Crippen molar-refractivity contribution in [3.63, 3.8) is 0 Å². The van der Waals surface area contributed by atoms with Crippen LogP contribution in [0.4, 0.5) is 10.1 Å². The van der Waals surface area contributed by atoms with Crippen molar-refractivity contribution >= 4 is 18.9 Å². The smallest absolute Gasteiger partial charge is 0.400 e. The van der Waals surface area contributed by atoms with Crippen LogP contribution in [-0.4, -0.2) is 23.3 Å². The van der Waals surface area contributed by atoms with E-state index in [1.165, 1.54) is 0 Å². The van der Waals surface area contributed by atoms with Crippen molar-refractivity contribution in [3.8, 4) is 0 Å². The summed E-state index contributed by atoms with van der Waals surface area (Å²) in [4.78, 5) is 3.82. The minimum atomic E-state index is -0.521. The predicted molar refractivity (Wildman–Crippen MR) is 78.5 cm³/mol. The molecule has 0 aromatic carbocycles. The third-order valence-electron chi connectivity index (χ3n) is 3.89. The molecule has 6 heteroatoms. The van der Waals surface area contributed by atoms with E-state index in [4.69, 9.17) is 15.0 Å². The van der Waals surface area contributed by atoms with Crippen molar-refractivity contribution in [2.24, 2.45) is 0 Å². The van der Waals surface area contributed by atoms with E-state index >= 15 is 0 Å².